The van der Waals surface area contributed by atoms with Crippen molar-refractivity contribution in [1.29, 1.82) is 0 Å². The maximum Gasteiger partial charge on any atom is 0.293 e. The quantitative estimate of drug-likeness (QED) is 0.527. The van der Waals surface area contributed by atoms with Crippen molar-refractivity contribution in [3.05, 3.63) is 75.3 Å². The Hall–Kier alpha value is -2.95. The van der Waals surface area contributed by atoms with Crippen molar-refractivity contribution in [1.82, 2.24) is 0 Å². The molecule has 0 atom stereocenters. The van der Waals surface area contributed by atoms with E-state index in [0.29, 0.717) is 5.57 Å². The molecule has 0 radical (unpaired) electrons. The molecular weight excluding hydrogens is 280 g/mol. The van der Waals surface area contributed by atoms with Gasteiger partial charge in [-0.3, -0.25) is 14.9 Å². The molecular formula is C17H16N2O3. The lowest BCUT2D eigenvalue weighted by atomic mass is 10.1. The number of hydrogen-bond acceptors (Lipinski definition) is 3. The van der Waals surface area contributed by atoms with Crippen LogP contribution in [0, 0.1) is 17.0 Å². The molecule has 0 aliphatic heterocycles. The van der Waals surface area contributed by atoms with Gasteiger partial charge in [-0.15, -0.1) is 0 Å². The second-order valence-electron chi connectivity index (χ2n) is 4.97. The Labute approximate surface area is 128 Å². The predicted octanol–water partition coefficient (Wildman–Crippen LogP) is 3.95. The van der Waals surface area contributed by atoms with Crippen LogP contribution in [0.3, 0.4) is 0 Å². The lowest BCUT2D eigenvalue weighted by molar-refractivity contribution is -0.384. The zero-order valence-electron chi connectivity index (χ0n) is 12.4. The molecule has 0 bridgehead atoms. The number of nitro groups is 1. The molecule has 0 aliphatic rings. The van der Waals surface area contributed by atoms with Crippen molar-refractivity contribution in [2.45, 2.75) is 13.8 Å². The summed E-state index contributed by atoms with van der Waals surface area (Å²) < 4.78 is 0. The zero-order chi connectivity index (χ0) is 16.1. The Morgan fingerprint density at radius 3 is 2.50 bits per heavy atom. The maximum absolute atomic E-state index is 12.2. The monoisotopic (exact) mass is 296 g/mol. The lowest BCUT2D eigenvalue weighted by Crippen LogP contribution is -2.13. The number of nitrogens with one attached hydrogen (secondary N) is 1. The number of hydrogen-bond donors (Lipinski definition) is 1. The molecule has 0 saturated heterocycles. The van der Waals surface area contributed by atoms with Crippen LogP contribution in [-0.4, -0.2) is 10.8 Å². The van der Waals surface area contributed by atoms with E-state index in [0.717, 1.165) is 11.1 Å². The van der Waals surface area contributed by atoms with Crippen LogP contribution in [-0.2, 0) is 4.79 Å². The van der Waals surface area contributed by atoms with E-state index in [1.165, 1.54) is 6.07 Å². The normalized spacial score (nSPS) is 11.1. The Morgan fingerprint density at radius 2 is 1.86 bits per heavy atom. The van der Waals surface area contributed by atoms with Crippen LogP contribution in [0.15, 0.2) is 54.1 Å². The van der Waals surface area contributed by atoms with Crippen LogP contribution in [0.5, 0.6) is 0 Å². The van der Waals surface area contributed by atoms with Gasteiger partial charge in [-0.25, -0.2) is 0 Å². The molecule has 0 saturated carbocycles. The first kappa shape index (κ1) is 15.4. The van der Waals surface area contributed by atoms with Crippen molar-refractivity contribution in [2.75, 3.05) is 5.32 Å². The highest BCUT2D eigenvalue weighted by atomic mass is 16.6. The van der Waals surface area contributed by atoms with Crippen LogP contribution in [0.25, 0.3) is 6.08 Å². The van der Waals surface area contributed by atoms with Gasteiger partial charge in [-0.2, -0.15) is 0 Å². The van der Waals surface area contributed by atoms with Gasteiger partial charge in [0.2, 0.25) is 0 Å². The fourth-order valence-corrected chi connectivity index (χ4v) is 1.98. The summed E-state index contributed by atoms with van der Waals surface area (Å²) in [6.07, 6.45) is 1.73. The smallest absolute Gasteiger partial charge is 0.293 e. The minimum atomic E-state index is -0.501. The highest BCUT2D eigenvalue weighted by Crippen LogP contribution is 2.25. The third-order valence-corrected chi connectivity index (χ3v) is 3.14. The van der Waals surface area contributed by atoms with Gasteiger partial charge >= 0.3 is 0 Å². The summed E-state index contributed by atoms with van der Waals surface area (Å²) >= 11 is 0. The zero-order valence-corrected chi connectivity index (χ0v) is 12.4. The van der Waals surface area contributed by atoms with Gasteiger partial charge in [-0.1, -0.05) is 36.4 Å². The molecule has 5 nitrogen and oxygen atoms in total. The maximum atomic E-state index is 12.2. The number of carbonyl (C=O) groups excluding carboxylic acids is 1. The molecule has 2 rings (SSSR count). The van der Waals surface area contributed by atoms with E-state index in [-0.39, 0.29) is 17.3 Å². The van der Waals surface area contributed by atoms with Crippen molar-refractivity contribution in [3.8, 4) is 0 Å². The second kappa shape index (κ2) is 6.67. The van der Waals surface area contributed by atoms with Gasteiger partial charge in [0, 0.05) is 11.6 Å². The van der Waals surface area contributed by atoms with Gasteiger partial charge in [0.25, 0.3) is 11.6 Å². The van der Waals surface area contributed by atoms with Crippen LogP contribution in [0.1, 0.15) is 18.1 Å². The number of nitro benzene ring substituents is 1. The fourth-order valence-electron chi connectivity index (χ4n) is 1.98. The number of benzene rings is 2. The number of rotatable bonds is 4. The Balaban J connectivity index is 2.22. The van der Waals surface area contributed by atoms with E-state index in [4.69, 9.17) is 0 Å². The van der Waals surface area contributed by atoms with Crippen molar-refractivity contribution < 1.29 is 9.72 Å². The standard InChI is InChI=1S/C17H16N2O3/c1-12-8-9-15(16(10-12)19(21)22)18-17(20)13(2)11-14-6-4-3-5-7-14/h3-11H,1-2H3,(H,18,20)/b13-11+. The first-order valence-electron chi connectivity index (χ1n) is 6.77. The minimum absolute atomic E-state index is 0.110. The van der Waals surface area contributed by atoms with Crippen LogP contribution in [0.4, 0.5) is 11.4 Å². The highest BCUT2D eigenvalue weighted by Gasteiger charge is 2.16. The largest absolute Gasteiger partial charge is 0.317 e. The van der Waals surface area contributed by atoms with E-state index in [9.17, 15) is 14.9 Å². The van der Waals surface area contributed by atoms with Gasteiger partial charge in [0.1, 0.15) is 5.69 Å². The molecule has 0 heterocycles. The fraction of sp³-hybridized carbons (Fsp3) is 0.118. The molecule has 0 aromatic heterocycles. The van der Waals surface area contributed by atoms with Crippen molar-refractivity contribution >= 4 is 23.4 Å². The molecule has 22 heavy (non-hydrogen) atoms. The molecule has 5 heteroatoms. The summed E-state index contributed by atoms with van der Waals surface area (Å²) in [5, 5.41) is 13.6. The summed E-state index contributed by atoms with van der Waals surface area (Å²) in [6.45, 7) is 3.43. The minimum Gasteiger partial charge on any atom is -0.317 e. The highest BCUT2D eigenvalue weighted by molar-refractivity contribution is 6.07. The first-order chi connectivity index (χ1) is 10.5. The average Bonchev–Trinajstić information content (AvgIpc) is 2.49. The third kappa shape index (κ3) is 3.79. The van der Waals surface area contributed by atoms with Gasteiger partial charge in [0.05, 0.1) is 4.92 Å². The van der Waals surface area contributed by atoms with Crippen molar-refractivity contribution in [3.63, 3.8) is 0 Å². The summed E-state index contributed by atoms with van der Waals surface area (Å²) in [5.74, 6) is -0.365. The van der Waals surface area contributed by atoms with E-state index >= 15 is 0 Å². The average molecular weight is 296 g/mol. The van der Waals surface area contributed by atoms with Crippen molar-refractivity contribution in [2.24, 2.45) is 0 Å². The molecule has 0 aliphatic carbocycles. The molecule has 1 N–H and O–H groups in total. The van der Waals surface area contributed by atoms with Gasteiger partial charge in [0.15, 0.2) is 0 Å². The van der Waals surface area contributed by atoms with E-state index in [2.05, 4.69) is 5.32 Å². The summed E-state index contributed by atoms with van der Waals surface area (Å²) in [5.41, 5.74) is 2.22. The van der Waals surface area contributed by atoms with Crippen LogP contribution >= 0.6 is 0 Å². The molecule has 0 fully saturated rings. The number of carbonyl (C=O) groups is 1. The topological polar surface area (TPSA) is 72.2 Å². The lowest BCUT2D eigenvalue weighted by Gasteiger charge is -2.07. The molecule has 2 aromatic rings. The van der Waals surface area contributed by atoms with E-state index in [1.54, 1.807) is 32.1 Å². The Kier molecular flexibility index (Phi) is 4.68. The predicted molar refractivity (Wildman–Crippen MR) is 86.6 cm³/mol. The van der Waals surface area contributed by atoms with Gasteiger partial charge < -0.3 is 5.32 Å². The third-order valence-electron chi connectivity index (χ3n) is 3.14. The summed E-state index contributed by atoms with van der Waals surface area (Å²) in [6, 6.07) is 14.1. The molecule has 0 unspecified atom stereocenters. The van der Waals surface area contributed by atoms with Gasteiger partial charge in [-0.05, 0) is 37.1 Å². The molecule has 2 aromatic carbocycles. The Morgan fingerprint density at radius 1 is 1.18 bits per heavy atom. The summed E-state index contributed by atoms with van der Waals surface area (Å²) in [7, 11) is 0. The van der Waals surface area contributed by atoms with Crippen LogP contribution in [0.2, 0.25) is 0 Å². The number of anilines is 1. The second-order valence-corrected chi connectivity index (χ2v) is 4.97. The summed E-state index contributed by atoms with van der Waals surface area (Å²) in [4.78, 5) is 22.7. The number of amides is 1. The molecule has 1 amide bonds. The first-order valence-corrected chi connectivity index (χ1v) is 6.77. The van der Waals surface area contributed by atoms with E-state index < -0.39 is 4.92 Å². The molecule has 112 valence electrons. The SMILES string of the molecule is C/C(=C\c1ccccc1)C(=O)Nc1ccc(C)cc1[N+](=O)[O-]. The van der Waals surface area contributed by atoms with E-state index in [1.807, 2.05) is 30.3 Å². The number of aryl methyl sites for hydroxylation is 1. The number of nitrogens with zero attached hydrogens (tertiary/aromatic N) is 1. The van der Waals surface area contributed by atoms with Crippen LogP contribution < -0.4 is 5.32 Å². The Bertz CT molecular complexity index is 737. The molecule has 0 spiro atoms.